The quantitative estimate of drug-likeness (QED) is 0.914. The molecule has 0 saturated heterocycles. The minimum atomic E-state index is 0.147. The van der Waals surface area contributed by atoms with Crippen LogP contribution >= 0.6 is 11.6 Å². The Morgan fingerprint density at radius 1 is 1.15 bits per heavy atom. The fraction of sp³-hybridized carbons (Fsp3) is 0.0714. The van der Waals surface area contributed by atoms with E-state index in [2.05, 4.69) is 4.98 Å². The van der Waals surface area contributed by atoms with Gasteiger partial charge in [-0.2, -0.15) is 10.5 Å². The average molecular weight is 286 g/mol. The second-order valence-electron chi connectivity index (χ2n) is 3.93. The minimum Gasteiger partial charge on any atom is -0.465 e. The highest BCUT2D eigenvalue weighted by Crippen LogP contribution is 2.33. The standard InChI is InChI=1S/C14H9ClN4O/c1-20-14-11(7-17)12(10(6-16)13(18)19-14)8-2-4-9(15)5-3-8/h2-5H,1H3,(H2,18,19)/p+1. The fourth-order valence-corrected chi connectivity index (χ4v) is 2.03. The Kier molecular flexibility index (Phi) is 3.74. The second kappa shape index (κ2) is 5.48. The van der Waals surface area contributed by atoms with Gasteiger partial charge in [-0.05, 0) is 17.7 Å². The number of H-pyrrole nitrogens is 1. The van der Waals surface area contributed by atoms with Crippen LogP contribution in [0.25, 0.3) is 11.1 Å². The maximum absolute atomic E-state index is 9.33. The Labute approximate surface area is 120 Å². The number of halogens is 1. The number of pyridine rings is 1. The van der Waals surface area contributed by atoms with Gasteiger partial charge in [-0.15, -0.1) is 0 Å². The normalized spacial score (nSPS) is 9.60. The number of ether oxygens (including phenoxy) is 1. The molecule has 1 aromatic carbocycles. The number of methoxy groups -OCH3 is 1. The van der Waals surface area contributed by atoms with E-state index in [-0.39, 0.29) is 22.8 Å². The number of nitriles is 2. The van der Waals surface area contributed by atoms with Crippen molar-refractivity contribution in [1.82, 2.24) is 0 Å². The van der Waals surface area contributed by atoms with Crippen LogP contribution in [0.3, 0.4) is 0 Å². The van der Waals surface area contributed by atoms with Crippen molar-refractivity contribution in [1.29, 1.82) is 10.5 Å². The molecule has 0 fully saturated rings. The van der Waals surface area contributed by atoms with Crippen LogP contribution in [-0.2, 0) is 0 Å². The summed E-state index contributed by atoms with van der Waals surface area (Å²) in [5, 5.41) is 19.2. The Morgan fingerprint density at radius 2 is 1.75 bits per heavy atom. The molecule has 1 aromatic heterocycles. The highest BCUT2D eigenvalue weighted by Gasteiger charge is 2.23. The highest BCUT2D eigenvalue weighted by molar-refractivity contribution is 6.30. The molecule has 6 heteroatoms. The molecule has 0 aliphatic carbocycles. The van der Waals surface area contributed by atoms with E-state index in [1.807, 2.05) is 12.1 Å². The summed E-state index contributed by atoms with van der Waals surface area (Å²) in [6, 6.07) is 10.8. The Bertz CT molecular complexity index is 742. The van der Waals surface area contributed by atoms with Gasteiger partial charge in [-0.3, -0.25) is 5.73 Å². The van der Waals surface area contributed by atoms with Crippen LogP contribution in [0.2, 0.25) is 5.02 Å². The first kappa shape index (κ1) is 13.7. The third-order valence-electron chi connectivity index (χ3n) is 2.81. The molecule has 2 aromatic rings. The summed E-state index contributed by atoms with van der Waals surface area (Å²) in [6.07, 6.45) is 0. The van der Waals surface area contributed by atoms with E-state index in [1.165, 1.54) is 7.11 Å². The number of hydrogen-bond donors (Lipinski definition) is 1. The summed E-state index contributed by atoms with van der Waals surface area (Å²) in [5.74, 6) is 0.363. The minimum absolute atomic E-state index is 0.147. The van der Waals surface area contributed by atoms with Gasteiger partial charge in [-0.1, -0.05) is 23.7 Å². The van der Waals surface area contributed by atoms with Crippen molar-refractivity contribution in [3.63, 3.8) is 0 Å². The van der Waals surface area contributed by atoms with E-state index in [0.717, 1.165) is 0 Å². The molecule has 0 unspecified atom stereocenters. The zero-order chi connectivity index (χ0) is 14.7. The van der Waals surface area contributed by atoms with E-state index in [9.17, 15) is 10.5 Å². The van der Waals surface area contributed by atoms with Crippen molar-refractivity contribution < 1.29 is 9.72 Å². The lowest BCUT2D eigenvalue weighted by Crippen LogP contribution is -2.18. The summed E-state index contributed by atoms with van der Waals surface area (Å²) >= 11 is 5.85. The maximum atomic E-state index is 9.33. The first-order chi connectivity index (χ1) is 9.62. The topological polar surface area (TPSA) is 97.0 Å². The van der Waals surface area contributed by atoms with Gasteiger partial charge < -0.3 is 4.74 Å². The average Bonchev–Trinajstić information content (AvgIpc) is 2.46. The van der Waals surface area contributed by atoms with Gasteiger partial charge >= 0.3 is 5.88 Å². The summed E-state index contributed by atoms with van der Waals surface area (Å²) in [5.41, 5.74) is 7.33. The van der Waals surface area contributed by atoms with Gasteiger partial charge in [0.1, 0.15) is 17.7 Å². The van der Waals surface area contributed by atoms with Gasteiger partial charge in [0.15, 0.2) is 5.56 Å². The van der Waals surface area contributed by atoms with Gasteiger partial charge in [0.25, 0.3) is 5.82 Å². The smallest absolute Gasteiger partial charge is 0.300 e. The van der Waals surface area contributed by atoms with Crippen LogP contribution in [0, 0.1) is 22.7 Å². The monoisotopic (exact) mass is 285 g/mol. The zero-order valence-corrected chi connectivity index (χ0v) is 11.3. The molecule has 0 aliphatic heterocycles. The lowest BCUT2D eigenvalue weighted by atomic mass is 9.96. The lowest BCUT2D eigenvalue weighted by molar-refractivity contribution is -0.376. The number of anilines is 1. The third kappa shape index (κ3) is 2.23. The van der Waals surface area contributed by atoms with Gasteiger partial charge in [0.05, 0.1) is 7.11 Å². The number of nitrogens with zero attached hydrogens (tertiary/aromatic N) is 2. The van der Waals surface area contributed by atoms with E-state index < -0.39 is 0 Å². The Balaban J connectivity index is 2.85. The Hall–Kier alpha value is -2.76. The number of hydrogen-bond acceptors (Lipinski definition) is 4. The lowest BCUT2D eigenvalue weighted by Gasteiger charge is -2.09. The Morgan fingerprint density at radius 3 is 2.25 bits per heavy atom. The number of benzene rings is 1. The first-order valence-electron chi connectivity index (χ1n) is 5.61. The SMILES string of the molecule is COc1[nH+]c(N)c(C#N)c(-c2ccc(Cl)cc2)c1C#N. The summed E-state index contributed by atoms with van der Waals surface area (Å²) < 4.78 is 5.11. The molecule has 0 atom stereocenters. The molecule has 0 amide bonds. The summed E-state index contributed by atoms with van der Waals surface area (Å²) in [7, 11) is 1.42. The molecule has 5 nitrogen and oxygen atoms in total. The number of aromatic nitrogens is 1. The van der Waals surface area contributed by atoms with Crippen molar-refractivity contribution in [2.75, 3.05) is 12.8 Å². The van der Waals surface area contributed by atoms with Crippen LogP contribution in [-0.4, -0.2) is 7.11 Å². The van der Waals surface area contributed by atoms with E-state index in [1.54, 1.807) is 24.3 Å². The molecule has 1 heterocycles. The molecule has 20 heavy (non-hydrogen) atoms. The molecular formula is C14H10ClN4O+. The summed E-state index contributed by atoms with van der Waals surface area (Å²) in [4.78, 5) is 2.70. The number of nitrogens with two attached hydrogens (primary N) is 1. The van der Waals surface area contributed by atoms with Crippen molar-refractivity contribution in [3.05, 3.63) is 40.4 Å². The van der Waals surface area contributed by atoms with Crippen LogP contribution in [0.5, 0.6) is 5.88 Å². The van der Waals surface area contributed by atoms with Crippen molar-refractivity contribution in [2.45, 2.75) is 0 Å². The number of rotatable bonds is 2. The van der Waals surface area contributed by atoms with Gasteiger partial charge in [0, 0.05) is 10.6 Å². The highest BCUT2D eigenvalue weighted by atomic mass is 35.5. The molecule has 0 aliphatic rings. The number of nitrogen functional groups attached to an aromatic ring is 1. The first-order valence-corrected chi connectivity index (χ1v) is 5.99. The van der Waals surface area contributed by atoms with Crippen molar-refractivity contribution in [2.24, 2.45) is 0 Å². The zero-order valence-electron chi connectivity index (χ0n) is 10.6. The molecular weight excluding hydrogens is 276 g/mol. The van der Waals surface area contributed by atoms with Gasteiger partial charge in [0.2, 0.25) is 0 Å². The van der Waals surface area contributed by atoms with E-state index in [0.29, 0.717) is 16.1 Å². The third-order valence-corrected chi connectivity index (χ3v) is 3.06. The van der Waals surface area contributed by atoms with Crippen molar-refractivity contribution >= 4 is 17.4 Å². The molecule has 0 spiro atoms. The molecule has 3 N–H and O–H groups in total. The van der Waals surface area contributed by atoms with Crippen LogP contribution in [0.1, 0.15) is 11.1 Å². The number of aromatic amines is 1. The molecule has 98 valence electrons. The number of nitrogens with one attached hydrogen (secondary N) is 1. The second-order valence-corrected chi connectivity index (χ2v) is 4.36. The molecule has 0 radical (unpaired) electrons. The summed E-state index contributed by atoms with van der Waals surface area (Å²) in [6.45, 7) is 0. The molecule has 0 saturated carbocycles. The van der Waals surface area contributed by atoms with E-state index >= 15 is 0 Å². The largest absolute Gasteiger partial charge is 0.465 e. The van der Waals surface area contributed by atoms with Crippen molar-refractivity contribution in [3.8, 4) is 29.1 Å². The fourth-order valence-electron chi connectivity index (χ4n) is 1.90. The van der Waals surface area contributed by atoms with Crippen LogP contribution in [0.4, 0.5) is 5.82 Å². The predicted molar refractivity (Wildman–Crippen MR) is 73.8 cm³/mol. The van der Waals surface area contributed by atoms with Crippen LogP contribution < -0.4 is 15.5 Å². The predicted octanol–water partition coefficient (Wildman–Crippen LogP) is 2.16. The molecule has 2 rings (SSSR count). The maximum Gasteiger partial charge on any atom is 0.300 e. The molecule has 0 bridgehead atoms. The van der Waals surface area contributed by atoms with Gasteiger partial charge in [-0.25, -0.2) is 4.98 Å². The van der Waals surface area contributed by atoms with Crippen LogP contribution in [0.15, 0.2) is 24.3 Å². The van der Waals surface area contributed by atoms with E-state index in [4.69, 9.17) is 22.1 Å².